The minimum absolute atomic E-state index is 0.0159. The number of benzene rings is 1. The Morgan fingerprint density at radius 3 is 2.64 bits per heavy atom. The van der Waals surface area contributed by atoms with E-state index in [1.807, 2.05) is 6.92 Å². The van der Waals surface area contributed by atoms with E-state index in [0.29, 0.717) is 25.3 Å². The Morgan fingerprint density at radius 1 is 1.28 bits per heavy atom. The highest BCUT2D eigenvalue weighted by atomic mass is 19.1. The Hall–Kier alpha value is -1.57. The van der Waals surface area contributed by atoms with Gasteiger partial charge in [-0.05, 0) is 19.4 Å². The van der Waals surface area contributed by atoms with E-state index >= 15 is 0 Å². The summed E-state index contributed by atoms with van der Waals surface area (Å²) in [5.41, 5.74) is 0.505. The lowest BCUT2D eigenvalue weighted by Gasteiger charge is -2.38. The number of hydrogen-bond acceptors (Lipinski definition) is 4. The van der Waals surface area contributed by atoms with Crippen LogP contribution in [-0.4, -0.2) is 68.7 Å². The number of nitrogens with zero attached hydrogens (tertiary/aromatic N) is 2. The molecule has 1 aliphatic rings. The first-order chi connectivity index (χ1) is 12.0. The molecule has 1 saturated heterocycles. The molecule has 1 amide bonds. The number of ether oxygens (including phenoxy) is 1. The highest BCUT2D eigenvalue weighted by Gasteiger charge is 2.24. The van der Waals surface area contributed by atoms with Crippen molar-refractivity contribution in [3.05, 3.63) is 35.4 Å². The van der Waals surface area contributed by atoms with E-state index in [0.717, 1.165) is 38.7 Å². The lowest BCUT2D eigenvalue weighted by Crippen LogP contribution is -2.50. The van der Waals surface area contributed by atoms with Gasteiger partial charge in [0.15, 0.2) is 0 Å². The van der Waals surface area contributed by atoms with E-state index in [1.165, 1.54) is 12.1 Å². The lowest BCUT2D eigenvalue weighted by atomic mass is 10.1. The summed E-state index contributed by atoms with van der Waals surface area (Å²) >= 11 is 0. The van der Waals surface area contributed by atoms with Crippen LogP contribution < -0.4 is 5.32 Å². The summed E-state index contributed by atoms with van der Waals surface area (Å²) in [7, 11) is 1.64. The van der Waals surface area contributed by atoms with Crippen LogP contribution >= 0.6 is 0 Å². The number of rotatable bonds is 8. The third-order valence-electron chi connectivity index (χ3n) is 4.58. The standard InChI is InChI=1S/C18H27F2N3O2/c1-14(16-5-4-15(19)12-17(16)20)23-9-7-22(8-10-23)13-18(24)21-6-3-11-25-2/h4-5,12,14H,3,6-11,13H2,1-2H3,(H,21,24). The zero-order chi connectivity index (χ0) is 18.2. The van der Waals surface area contributed by atoms with E-state index < -0.39 is 11.6 Å². The quantitative estimate of drug-likeness (QED) is 0.723. The number of halogens is 2. The van der Waals surface area contributed by atoms with E-state index in [9.17, 15) is 13.6 Å². The van der Waals surface area contributed by atoms with Gasteiger partial charge in [0.2, 0.25) is 5.91 Å². The predicted octanol–water partition coefficient (Wildman–Crippen LogP) is 1.80. The largest absolute Gasteiger partial charge is 0.385 e. The van der Waals surface area contributed by atoms with Gasteiger partial charge in [0, 0.05) is 64.1 Å². The fraction of sp³-hybridized carbons (Fsp3) is 0.611. The molecule has 0 radical (unpaired) electrons. The fourth-order valence-corrected chi connectivity index (χ4v) is 3.05. The van der Waals surface area contributed by atoms with Crippen molar-refractivity contribution in [2.75, 3.05) is 53.0 Å². The number of methoxy groups -OCH3 is 1. The molecule has 0 aliphatic carbocycles. The molecule has 0 aromatic heterocycles. The lowest BCUT2D eigenvalue weighted by molar-refractivity contribution is -0.122. The van der Waals surface area contributed by atoms with Crippen molar-refractivity contribution in [2.45, 2.75) is 19.4 Å². The van der Waals surface area contributed by atoms with E-state index in [4.69, 9.17) is 4.74 Å². The van der Waals surface area contributed by atoms with Crippen LogP contribution in [0.25, 0.3) is 0 Å². The zero-order valence-corrected chi connectivity index (χ0v) is 14.9. The van der Waals surface area contributed by atoms with Gasteiger partial charge in [-0.1, -0.05) is 6.07 Å². The van der Waals surface area contributed by atoms with Crippen LogP contribution in [0.15, 0.2) is 18.2 Å². The molecular weight excluding hydrogens is 328 g/mol. The topological polar surface area (TPSA) is 44.8 Å². The molecule has 5 nitrogen and oxygen atoms in total. The Balaban J connectivity index is 1.76. The molecule has 1 aliphatic heterocycles. The van der Waals surface area contributed by atoms with Gasteiger partial charge in [0.05, 0.1) is 6.54 Å². The molecule has 1 fully saturated rings. The molecule has 0 bridgehead atoms. The van der Waals surface area contributed by atoms with Crippen molar-refractivity contribution < 1.29 is 18.3 Å². The first kappa shape index (κ1) is 19.8. The Kier molecular flexibility index (Phi) is 7.74. The molecule has 1 aromatic rings. The second-order valence-corrected chi connectivity index (χ2v) is 6.35. The average molecular weight is 355 g/mol. The SMILES string of the molecule is COCCCNC(=O)CN1CCN(C(C)c2ccc(F)cc2F)CC1. The molecule has 1 aromatic carbocycles. The third kappa shape index (κ3) is 6.02. The first-order valence-corrected chi connectivity index (χ1v) is 8.68. The minimum Gasteiger partial charge on any atom is -0.385 e. The summed E-state index contributed by atoms with van der Waals surface area (Å²) in [4.78, 5) is 16.1. The minimum atomic E-state index is -0.560. The summed E-state index contributed by atoms with van der Waals surface area (Å²) in [6.07, 6.45) is 0.802. The van der Waals surface area contributed by atoms with Gasteiger partial charge in [0.25, 0.3) is 0 Å². The van der Waals surface area contributed by atoms with Crippen LogP contribution in [0.3, 0.4) is 0 Å². The molecule has 1 heterocycles. The maximum Gasteiger partial charge on any atom is 0.234 e. The second-order valence-electron chi connectivity index (χ2n) is 6.35. The number of nitrogens with one attached hydrogen (secondary N) is 1. The molecule has 0 saturated carbocycles. The van der Waals surface area contributed by atoms with E-state index in [-0.39, 0.29) is 11.9 Å². The van der Waals surface area contributed by atoms with Gasteiger partial charge in [-0.25, -0.2) is 8.78 Å². The first-order valence-electron chi connectivity index (χ1n) is 8.68. The van der Waals surface area contributed by atoms with Crippen molar-refractivity contribution in [3.63, 3.8) is 0 Å². The van der Waals surface area contributed by atoms with E-state index in [2.05, 4.69) is 15.1 Å². The molecule has 140 valence electrons. The highest BCUT2D eigenvalue weighted by molar-refractivity contribution is 5.77. The predicted molar refractivity (Wildman–Crippen MR) is 92.3 cm³/mol. The summed E-state index contributed by atoms with van der Waals surface area (Å²) in [5, 5.41) is 2.88. The van der Waals surface area contributed by atoms with Crippen LogP contribution in [0.5, 0.6) is 0 Å². The van der Waals surface area contributed by atoms with Crippen LogP contribution in [0.1, 0.15) is 24.9 Å². The van der Waals surface area contributed by atoms with Gasteiger partial charge in [-0.3, -0.25) is 14.6 Å². The molecule has 1 unspecified atom stereocenters. The number of hydrogen-bond donors (Lipinski definition) is 1. The van der Waals surface area contributed by atoms with Crippen LogP contribution in [0.4, 0.5) is 8.78 Å². The van der Waals surface area contributed by atoms with E-state index in [1.54, 1.807) is 7.11 Å². The normalized spacial score (nSPS) is 17.4. The van der Waals surface area contributed by atoms with Crippen molar-refractivity contribution in [1.29, 1.82) is 0 Å². The molecular formula is C18H27F2N3O2. The number of amides is 1. The zero-order valence-electron chi connectivity index (χ0n) is 14.9. The molecule has 1 atom stereocenters. The summed E-state index contributed by atoms with van der Waals surface area (Å²) in [5.74, 6) is -1.05. The third-order valence-corrected chi connectivity index (χ3v) is 4.58. The van der Waals surface area contributed by atoms with Crippen molar-refractivity contribution >= 4 is 5.91 Å². The van der Waals surface area contributed by atoms with Crippen LogP contribution in [0, 0.1) is 11.6 Å². The Bertz CT molecular complexity index is 563. The van der Waals surface area contributed by atoms with Gasteiger partial charge in [0.1, 0.15) is 11.6 Å². The molecule has 2 rings (SSSR count). The van der Waals surface area contributed by atoms with Gasteiger partial charge >= 0.3 is 0 Å². The number of piperazine rings is 1. The maximum absolute atomic E-state index is 13.9. The van der Waals surface area contributed by atoms with Crippen molar-refractivity contribution in [1.82, 2.24) is 15.1 Å². The molecule has 25 heavy (non-hydrogen) atoms. The van der Waals surface area contributed by atoms with Crippen molar-refractivity contribution in [3.8, 4) is 0 Å². The Morgan fingerprint density at radius 2 is 2.00 bits per heavy atom. The summed E-state index contributed by atoms with van der Waals surface area (Å²) in [6, 6.07) is 3.61. The second kappa shape index (κ2) is 9.79. The Labute approximate surface area is 147 Å². The molecule has 7 heteroatoms. The van der Waals surface area contributed by atoms with Crippen LogP contribution in [0.2, 0.25) is 0 Å². The highest BCUT2D eigenvalue weighted by Crippen LogP contribution is 2.24. The van der Waals surface area contributed by atoms with Crippen LogP contribution in [-0.2, 0) is 9.53 Å². The van der Waals surface area contributed by atoms with Gasteiger partial charge < -0.3 is 10.1 Å². The molecule has 0 spiro atoms. The summed E-state index contributed by atoms with van der Waals surface area (Å²) in [6.45, 7) is 6.54. The maximum atomic E-state index is 13.9. The number of carbonyl (C=O) groups is 1. The van der Waals surface area contributed by atoms with Gasteiger partial charge in [-0.2, -0.15) is 0 Å². The smallest absolute Gasteiger partial charge is 0.234 e. The van der Waals surface area contributed by atoms with Crippen molar-refractivity contribution in [2.24, 2.45) is 0 Å². The molecule has 1 N–H and O–H groups in total. The monoisotopic (exact) mass is 355 g/mol. The fourth-order valence-electron chi connectivity index (χ4n) is 3.05. The summed E-state index contributed by atoms with van der Waals surface area (Å²) < 4.78 is 31.9. The number of carbonyl (C=O) groups excluding carboxylic acids is 1. The average Bonchev–Trinajstić information content (AvgIpc) is 2.59. The van der Waals surface area contributed by atoms with Gasteiger partial charge in [-0.15, -0.1) is 0 Å².